The minimum absolute atomic E-state index is 0.0340. The Hall–Kier alpha value is -1.59. The van der Waals surface area contributed by atoms with Crippen LogP contribution in [0.4, 0.5) is 0 Å². The van der Waals surface area contributed by atoms with Crippen molar-refractivity contribution in [2.45, 2.75) is 56.7 Å². The molecule has 5 heteroatoms. The van der Waals surface area contributed by atoms with Crippen LogP contribution in [0.2, 0.25) is 0 Å². The molecule has 5 nitrogen and oxygen atoms in total. The predicted octanol–water partition coefficient (Wildman–Crippen LogP) is 2.33. The van der Waals surface area contributed by atoms with Crippen molar-refractivity contribution in [3.05, 3.63) is 28.8 Å². The number of piperidine rings is 1. The molecule has 0 radical (unpaired) electrons. The lowest BCUT2D eigenvalue weighted by Gasteiger charge is -2.46. The third kappa shape index (κ3) is 2.93. The molecule has 25 heavy (non-hydrogen) atoms. The number of methoxy groups -OCH3 is 1. The quantitative estimate of drug-likeness (QED) is 0.894. The number of rotatable bonds is 2. The van der Waals surface area contributed by atoms with E-state index in [-0.39, 0.29) is 5.91 Å². The fourth-order valence-electron chi connectivity index (χ4n) is 4.59. The van der Waals surface area contributed by atoms with Crippen LogP contribution < -0.4 is 4.74 Å². The average molecular weight is 345 g/mol. The molecular weight excluding hydrogens is 318 g/mol. The summed E-state index contributed by atoms with van der Waals surface area (Å²) in [5, 5.41) is 10.4. The summed E-state index contributed by atoms with van der Waals surface area (Å²) < 4.78 is 11.4. The number of hydrogen-bond acceptors (Lipinski definition) is 4. The number of aliphatic hydroxyl groups excluding tert-OH is 1. The van der Waals surface area contributed by atoms with Crippen molar-refractivity contribution in [2.24, 2.45) is 0 Å². The van der Waals surface area contributed by atoms with Crippen LogP contribution in [0, 0.1) is 0 Å². The monoisotopic (exact) mass is 345 g/mol. The highest BCUT2D eigenvalue weighted by atomic mass is 16.5. The van der Waals surface area contributed by atoms with Crippen molar-refractivity contribution in [3.8, 4) is 5.75 Å². The van der Waals surface area contributed by atoms with Crippen molar-refractivity contribution in [3.63, 3.8) is 0 Å². The second-order valence-corrected chi connectivity index (χ2v) is 7.54. The van der Waals surface area contributed by atoms with Crippen molar-refractivity contribution in [1.29, 1.82) is 0 Å². The number of carbonyl (C=O) groups is 1. The van der Waals surface area contributed by atoms with E-state index < -0.39 is 11.7 Å². The van der Waals surface area contributed by atoms with Gasteiger partial charge < -0.3 is 19.5 Å². The molecule has 3 aliphatic rings. The van der Waals surface area contributed by atoms with Crippen molar-refractivity contribution >= 4 is 5.91 Å². The summed E-state index contributed by atoms with van der Waals surface area (Å²) in [6.07, 6.45) is 5.97. The molecule has 0 bridgehead atoms. The Morgan fingerprint density at radius 2 is 1.96 bits per heavy atom. The molecule has 2 fully saturated rings. The van der Waals surface area contributed by atoms with Gasteiger partial charge in [-0.25, -0.2) is 0 Å². The highest BCUT2D eigenvalue weighted by Crippen LogP contribution is 2.36. The molecule has 1 aromatic carbocycles. The van der Waals surface area contributed by atoms with Gasteiger partial charge in [0.25, 0.3) is 5.91 Å². The molecule has 1 atom stereocenters. The van der Waals surface area contributed by atoms with Gasteiger partial charge in [-0.1, -0.05) is 0 Å². The SMILES string of the molecule is COc1cc2c(cc1C(=O)N1CCC3(CC1)OCCCC3O)CCC2. The van der Waals surface area contributed by atoms with Gasteiger partial charge in [0.2, 0.25) is 0 Å². The maximum Gasteiger partial charge on any atom is 0.257 e. The molecule has 1 spiro atoms. The second-order valence-electron chi connectivity index (χ2n) is 7.54. The van der Waals surface area contributed by atoms with Crippen LogP contribution >= 0.6 is 0 Å². The summed E-state index contributed by atoms with van der Waals surface area (Å²) in [7, 11) is 1.63. The van der Waals surface area contributed by atoms with Crippen LogP contribution in [0.15, 0.2) is 12.1 Å². The fraction of sp³-hybridized carbons (Fsp3) is 0.650. The summed E-state index contributed by atoms with van der Waals surface area (Å²) in [5.74, 6) is 0.714. The third-order valence-corrected chi connectivity index (χ3v) is 6.16. The summed E-state index contributed by atoms with van der Waals surface area (Å²) in [4.78, 5) is 15.0. The number of benzene rings is 1. The van der Waals surface area contributed by atoms with Crippen LogP contribution in [0.1, 0.15) is 53.6 Å². The fourth-order valence-corrected chi connectivity index (χ4v) is 4.59. The van der Waals surface area contributed by atoms with E-state index in [1.807, 2.05) is 17.0 Å². The van der Waals surface area contributed by atoms with E-state index >= 15 is 0 Å². The standard InChI is InChI=1S/C20H27NO4/c1-24-17-13-15-5-2-4-14(15)12-16(17)19(23)21-9-7-20(8-10-21)18(22)6-3-11-25-20/h12-13,18,22H,2-11H2,1H3. The first-order valence-electron chi connectivity index (χ1n) is 9.44. The molecule has 1 N–H and O–H groups in total. The van der Waals surface area contributed by atoms with E-state index in [0.29, 0.717) is 43.9 Å². The predicted molar refractivity (Wildman–Crippen MR) is 94.1 cm³/mol. The number of carbonyl (C=O) groups excluding carboxylic acids is 1. The van der Waals surface area contributed by atoms with E-state index in [4.69, 9.17) is 9.47 Å². The summed E-state index contributed by atoms with van der Waals surface area (Å²) in [5.41, 5.74) is 2.81. The summed E-state index contributed by atoms with van der Waals surface area (Å²) in [6.45, 7) is 1.95. The molecule has 136 valence electrons. The highest BCUT2D eigenvalue weighted by molar-refractivity contribution is 5.97. The molecule has 4 rings (SSSR count). The van der Waals surface area contributed by atoms with E-state index in [1.54, 1.807) is 7.11 Å². The molecule has 2 saturated heterocycles. The largest absolute Gasteiger partial charge is 0.496 e. The zero-order chi connectivity index (χ0) is 17.4. The zero-order valence-corrected chi connectivity index (χ0v) is 14.9. The molecule has 1 aliphatic carbocycles. The first-order chi connectivity index (χ1) is 12.1. The number of nitrogens with zero attached hydrogens (tertiary/aromatic N) is 1. The van der Waals surface area contributed by atoms with E-state index in [9.17, 15) is 9.90 Å². The molecule has 0 saturated carbocycles. The van der Waals surface area contributed by atoms with Crippen LogP contribution in [0.3, 0.4) is 0 Å². The lowest BCUT2D eigenvalue weighted by Crippen LogP contribution is -2.56. The summed E-state index contributed by atoms with van der Waals surface area (Å²) in [6, 6.07) is 4.06. The summed E-state index contributed by atoms with van der Waals surface area (Å²) >= 11 is 0. The van der Waals surface area contributed by atoms with Crippen LogP contribution in [-0.2, 0) is 17.6 Å². The van der Waals surface area contributed by atoms with Crippen LogP contribution in [0.25, 0.3) is 0 Å². The van der Waals surface area contributed by atoms with E-state index in [2.05, 4.69) is 0 Å². The third-order valence-electron chi connectivity index (χ3n) is 6.16. The molecule has 1 aromatic rings. The van der Waals surface area contributed by atoms with Gasteiger partial charge in [0.1, 0.15) is 5.75 Å². The number of fused-ring (bicyclic) bond motifs is 1. The average Bonchev–Trinajstić information content (AvgIpc) is 3.10. The van der Waals surface area contributed by atoms with Gasteiger partial charge >= 0.3 is 0 Å². The van der Waals surface area contributed by atoms with Gasteiger partial charge in [0.05, 0.1) is 24.4 Å². The Morgan fingerprint density at radius 1 is 1.24 bits per heavy atom. The van der Waals surface area contributed by atoms with Gasteiger partial charge in [-0.05, 0) is 68.2 Å². The van der Waals surface area contributed by atoms with Gasteiger partial charge in [0, 0.05) is 19.7 Å². The van der Waals surface area contributed by atoms with Crippen LogP contribution in [0.5, 0.6) is 5.75 Å². The van der Waals surface area contributed by atoms with Crippen molar-refractivity contribution in [2.75, 3.05) is 26.8 Å². The number of likely N-dealkylation sites (tertiary alicyclic amines) is 1. The minimum atomic E-state index is -0.447. The number of ether oxygens (including phenoxy) is 2. The molecule has 2 aliphatic heterocycles. The Balaban J connectivity index is 1.51. The smallest absolute Gasteiger partial charge is 0.257 e. The maximum absolute atomic E-state index is 13.1. The Labute approximate surface area is 148 Å². The zero-order valence-electron chi connectivity index (χ0n) is 14.9. The molecule has 1 amide bonds. The topological polar surface area (TPSA) is 59.0 Å². The first-order valence-corrected chi connectivity index (χ1v) is 9.44. The van der Waals surface area contributed by atoms with Gasteiger partial charge in [-0.3, -0.25) is 4.79 Å². The number of aliphatic hydroxyl groups is 1. The lowest BCUT2D eigenvalue weighted by molar-refractivity contribution is -0.174. The van der Waals surface area contributed by atoms with Crippen LogP contribution in [-0.4, -0.2) is 54.4 Å². The Kier molecular flexibility index (Phi) is 4.46. The highest BCUT2D eigenvalue weighted by Gasteiger charge is 2.44. The Morgan fingerprint density at radius 3 is 2.64 bits per heavy atom. The molecule has 2 heterocycles. The Bertz CT molecular complexity index is 664. The molecule has 0 aromatic heterocycles. The minimum Gasteiger partial charge on any atom is -0.496 e. The van der Waals surface area contributed by atoms with Gasteiger partial charge in [-0.2, -0.15) is 0 Å². The lowest BCUT2D eigenvalue weighted by atomic mass is 9.82. The second kappa shape index (κ2) is 6.61. The van der Waals surface area contributed by atoms with Gasteiger partial charge in [0.15, 0.2) is 0 Å². The molecular formula is C20H27NO4. The van der Waals surface area contributed by atoms with Crippen molar-refractivity contribution < 1.29 is 19.4 Å². The van der Waals surface area contributed by atoms with Crippen molar-refractivity contribution in [1.82, 2.24) is 4.90 Å². The normalized spacial score (nSPS) is 25.0. The van der Waals surface area contributed by atoms with Gasteiger partial charge in [-0.15, -0.1) is 0 Å². The first kappa shape index (κ1) is 16.9. The van der Waals surface area contributed by atoms with E-state index in [1.165, 1.54) is 11.1 Å². The number of amides is 1. The molecule has 1 unspecified atom stereocenters. The maximum atomic E-state index is 13.1. The van der Waals surface area contributed by atoms with E-state index in [0.717, 1.165) is 32.1 Å². The number of hydrogen-bond donors (Lipinski definition) is 1. The number of aryl methyl sites for hydroxylation is 2.